The van der Waals surface area contributed by atoms with E-state index in [0.717, 1.165) is 53.2 Å². The van der Waals surface area contributed by atoms with Crippen molar-refractivity contribution < 1.29 is 31.2 Å². The number of likely N-dealkylation sites (N-methyl/N-ethyl adjacent to an activating group) is 1. The highest BCUT2D eigenvalue weighted by Crippen LogP contribution is 2.41. The smallest absolute Gasteiger partial charge is 0.257 e. The molecule has 0 saturated carbocycles. The van der Waals surface area contributed by atoms with Crippen LogP contribution in [-0.4, -0.2) is 61.2 Å². The third-order valence-corrected chi connectivity index (χ3v) is 9.78. The van der Waals surface area contributed by atoms with Crippen LogP contribution in [0.1, 0.15) is 40.7 Å². The zero-order valence-electron chi connectivity index (χ0n) is 24.8. The van der Waals surface area contributed by atoms with Crippen molar-refractivity contribution in [2.75, 3.05) is 39.8 Å². The molecule has 4 heterocycles. The third-order valence-electron chi connectivity index (χ3n) is 9.78. The number of rotatable bonds is 8. The van der Waals surface area contributed by atoms with Gasteiger partial charge >= 0.3 is 0 Å². The van der Waals surface area contributed by atoms with E-state index in [2.05, 4.69) is 60.7 Å². The van der Waals surface area contributed by atoms with Crippen LogP contribution in [0.2, 0.25) is 0 Å². The minimum Gasteiger partial charge on any atom is -1.00 e. The molecule has 0 unspecified atom stereocenters. The van der Waals surface area contributed by atoms with Crippen LogP contribution >= 0.6 is 0 Å². The molecule has 4 aromatic carbocycles. The van der Waals surface area contributed by atoms with E-state index < -0.39 is 0 Å². The van der Waals surface area contributed by atoms with E-state index in [1.807, 2.05) is 48.3 Å². The summed E-state index contributed by atoms with van der Waals surface area (Å²) in [5.41, 5.74) is 5.35. The van der Waals surface area contributed by atoms with Crippen LogP contribution in [0, 0.1) is 5.92 Å². The molecule has 1 atom stereocenters. The minimum atomic E-state index is 0. The number of quaternary nitrogens is 1. The Hall–Kier alpha value is -3.80. The van der Waals surface area contributed by atoms with Crippen molar-refractivity contribution in [3.63, 3.8) is 0 Å². The van der Waals surface area contributed by atoms with Gasteiger partial charge in [0.25, 0.3) is 5.91 Å². The highest BCUT2D eigenvalue weighted by molar-refractivity contribution is 5.97. The Kier molecular flexibility index (Phi) is 8.47. The maximum atomic E-state index is 14.0. The number of amides is 1. The number of halogens is 1. The second kappa shape index (κ2) is 12.4. The lowest BCUT2D eigenvalue weighted by molar-refractivity contribution is -0.945. The van der Waals surface area contributed by atoms with Gasteiger partial charge in [-0.05, 0) is 46.9 Å². The summed E-state index contributed by atoms with van der Waals surface area (Å²) in [7, 11) is 2.00. The van der Waals surface area contributed by atoms with Gasteiger partial charge in [-0.25, -0.2) is 0 Å². The average Bonchev–Trinajstić information content (AvgIpc) is 3.06. The largest absolute Gasteiger partial charge is 1.00 e. The number of para-hydroxylation sites is 2. The van der Waals surface area contributed by atoms with Gasteiger partial charge in [0, 0.05) is 38.3 Å². The molecular weight excluding hydrogens is 556 g/mol. The molecule has 0 spiro atoms. The van der Waals surface area contributed by atoms with E-state index in [-0.39, 0.29) is 24.4 Å². The number of piperidine rings is 3. The Morgan fingerprint density at radius 2 is 1.56 bits per heavy atom. The van der Waals surface area contributed by atoms with Crippen molar-refractivity contribution in [3.8, 4) is 28.4 Å². The van der Waals surface area contributed by atoms with Gasteiger partial charge < -0.3 is 31.3 Å². The fourth-order valence-electron chi connectivity index (χ4n) is 7.38. The second-order valence-corrected chi connectivity index (χ2v) is 12.3. The first kappa shape index (κ1) is 29.3. The van der Waals surface area contributed by atoms with Crippen LogP contribution in [0.5, 0.6) is 17.2 Å². The molecule has 2 bridgehead atoms. The Balaban J connectivity index is 0.00000329. The number of benzene rings is 4. The number of hydrogen-bond acceptors (Lipinski definition) is 3. The number of carbonyl (C=O) groups excluding carboxylic acids is 1. The van der Waals surface area contributed by atoms with Crippen molar-refractivity contribution in [1.82, 2.24) is 4.90 Å². The summed E-state index contributed by atoms with van der Waals surface area (Å²) in [4.78, 5) is 16.0. The summed E-state index contributed by atoms with van der Waals surface area (Å²) in [5.74, 6) is 3.15. The zero-order chi connectivity index (χ0) is 28.5. The van der Waals surface area contributed by atoms with Gasteiger partial charge in [-0.1, -0.05) is 72.8 Å². The highest BCUT2D eigenvalue weighted by atomic mass is 35.5. The normalized spacial score (nSPS) is 21.5. The first-order valence-corrected chi connectivity index (χ1v) is 15.4. The van der Waals surface area contributed by atoms with Gasteiger partial charge in [0.05, 0.1) is 44.4 Å². The van der Waals surface area contributed by atoms with E-state index in [1.54, 1.807) is 0 Å². The summed E-state index contributed by atoms with van der Waals surface area (Å²) < 4.78 is 13.6. The lowest BCUT2D eigenvalue weighted by Gasteiger charge is -2.54. The van der Waals surface area contributed by atoms with Gasteiger partial charge in [0.2, 0.25) is 0 Å². The monoisotopic (exact) mass is 594 g/mol. The van der Waals surface area contributed by atoms with Gasteiger partial charge in [0.15, 0.2) is 0 Å². The third kappa shape index (κ3) is 5.89. The van der Waals surface area contributed by atoms with Crippen LogP contribution < -0.4 is 21.9 Å². The van der Waals surface area contributed by atoms with Crippen molar-refractivity contribution >= 4 is 5.91 Å². The molecule has 4 aromatic rings. The number of carbonyl (C=O) groups is 1. The van der Waals surface area contributed by atoms with Gasteiger partial charge in [-0.15, -0.1) is 0 Å². The molecule has 43 heavy (non-hydrogen) atoms. The first-order chi connectivity index (χ1) is 20.6. The predicted octanol–water partition coefficient (Wildman–Crippen LogP) is 4.20. The molecule has 5 nitrogen and oxygen atoms in total. The molecule has 0 aliphatic carbocycles. The summed E-state index contributed by atoms with van der Waals surface area (Å²) in [6.07, 6.45) is 4.16. The number of hydrogen-bond donors (Lipinski definition) is 0. The molecule has 4 aliphatic rings. The van der Waals surface area contributed by atoms with E-state index in [1.165, 1.54) is 42.6 Å². The molecule has 8 rings (SSSR count). The summed E-state index contributed by atoms with van der Waals surface area (Å²) in [5, 5.41) is 0. The highest BCUT2D eigenvalue weighted by Gasteiger charge is 2.48. The van der Waals surface area contributed by atoms with Crippen LogP contribution in [0.15, 0.2) is 97.1 Å². The standard InChI is InChI=1S/C37H39N2O3.ClH/c1-38(37(40)33-13-7-12-31-25-30-11-5-6-14-35(30)42-36(31)33)34-26-39(22-19-29(34)20-23-39)21-8-24-41-32-17-15-28(16-18-32)27-9-3-2-4-10-27;/h2-7,9-18,29,34H,8,19-26H2,1H3;1H/q+1;/p-1/t29?,34-,39?;/m0./s1. The number of fused-ring (bicyclic) bond motifs is 5. The summed E-state index contributed by atoms with van der Waals surface area (Å²) in [6.45, 7) is 5.24. The molecule has 3 saturated heterocycles. The fraction of sp³-hybridized carbons (Fsp3) is 0.324. The lowest BCUT2D eigenvalue weighted by atomic mass is 9.80. The van der Waals surface area contributed by atoms with Crippen molar-refractivity contribution in [3.05, 3.63) is 114 Å². The molecule has 3 fully saturated rings. The Labute approximate surface area is 261 Å². The number of ether oxygens (including phenoxy) is 2. The maximum absolute atomic E-state index is 14.0. The van der Waals surface area contributed by atoms with E-state index in [9.17, 15) is 4.79 Å². The van der Waals surface area contributed by atoms with Crippen LogP contribution in [0.25, 0.3) is 11.1 Å². The fourth-order valence-corrected chi connectivity index (χ4v) is 7.38. The van der Waals surface area contributed by atoms with Crippen molar-refractivity contribution in [2.24, 2.45) is 5.92 Å². The quantitative estimate of drug-likeness (QED) is 0.200. The van der Waals surface area contributed by atoms with Crippen LogP contribution in [0.4, 0.5) is 0 Å². The molecule has 0 N–H and O–H groups in total. The molecular formula is C37H39ClN2O3. The Bertz CT molecular complexity index is 1560. The average molecular weight is 595 g/mol. The zero-order valence-corrected chi connectivity index (χ0v) is 25.5. The van der Waals surface area contributed by atoms with Gasteiger partial charge in [-0.2, -0.15) is 0 Å². The van der Waals surface area contributed by atoms with E-state index >= 15 is 0 Å². The molecule has 0 aromatic heterocycles. The van der Waals surface area contributed by atoms with Crippen LogP contribution in [0.3, 0.4) is 0 Å². The molecule has 1 amide bonds. The minimum absolute atomic E-state index is 0. The molecule has 222 valence electrons. The second-order valence-electron chi connectivity index (χ2n) is 12.3. The molecule has 6 heteroatoms. The van der Waals surface area contributed by atoms with E-state index in [0.29, 0.717) is 18.1 Å². The Morgan fingerprint density at radius 1 is 0.860 bits per heavy atom. The topological polar surface area (TPSA) is 38.8 Å². The van der Waals surface area contributed by atoms with Gasteiger partial charge in [-0.3, -0.25) is 4.79 Å². The predicted molar refractivity (Wildman–Crippen MR) is 166 cm³/mol. The number of nitrogens with zero attached hydrogens (tertiary/aromatic N) is 2. The van der Waals surface area contributed by atoms with Crippen LogP contribution in [-0.2, 0) is 6.42 Å². The Morgan fingerprint density at radius 3 is 2.35 bits per heavy atom. The SMILES string of the molecule is CN(C(=O)c1cccc2c1Oc1ccccc1C2)[C@H]1C[N+]2(CCCOc3ccc(-c4ccccc4)cc3)CCC1CC2.[Cl-]. The first-order valence-electron chi connectivity index (χ1n) is 15.4. The van der Waals surface area contributed by atoms with Crippen molar-refractivity contribution in [2.45, 2.75) is 31.7 Å². The van der Waals surface area contributed by atoms with Gasteiger partial charge in [0.1, 0.15) is 17.2 Å². The van der Waals surface area contributed by atoms with E-state index in [4.69, 9.17) is 9.47 Å². The maximum Gasteiger partial charge on any atom is 0.257 e. The molecule has 4 aliphatic heterocycles. The van der Waals surface area contributed by atoms with Crippen molar-refractivity contribution in [1.29, 1.82) is 0 Å². The summed E-state index contributed by atoms with van der Waals surface area (Å²) >= 11 is 0. The molecule has 0 radical (unpaired) electrons. The summed E-state index contributed by atoms with van der Waals surface area (Å²) in [6, 6.07) is 33.2. The lowest BCUT2D eigenvalue weighted by Crippen LogP contribution is -3.00.